The number of para-hydroxylation sites is 1. The zero-order chi connectivity index (χ0) is 18.7. The van der Waals surface area contributed by atoms with Gasteiger partial charge in [0.2, 0.25) is 0 Å². The summed E-state index contributed by atoms with van der Waals surface area (Å²) < 4.78 is 0. The van der Waals surface area contributed by atoms with Gasteiger partial charge in [-0.3, -0.25) is 14.9 Å². The van der Waals surface area contributed by atoms with Crippen LogP contribution in [-0.2, 0) is 0 Å². The van der Waals surface area contributed by atoms with Gasteiger partial charge in [-0.15, -0.1) is 0 Å². The average molecular weight is 375 g/mol. The molecular formula is C18H19ClN4O3. The zero-order valence-electron chi connectivity index (χ0n) is 14.3. The predicted octanol–water partition coefficient (Wildman–Crippen LogP) is 3.25. The Bertz CT molecular complexity index is 835. The third-order valence-electron chi connectivity index (χ3n) is 4.39. The molecule has 7 nitrogen and oxygen atoms in total. The molecule has 1 N–H and O–H groups in total. The Morgan fingerprint density at radius 3 is 2.50 bits per heavy atom. The first-order valence-electron chi connectivity index (χ1n) is 8.23. The molecule has 136 valence electrons. The Morgan fingerprint density at radius 2 is 1.85 bits per heavy atom. The number of anilines is 2. The fourth-order valence-electron chi connectivity index (χ4n) is 2.91. The normalized spacial score (nSPS) is 14.9. The van der Waals surface area contributed by atoms with Crippen molar-refractivity contribution in [3.05, 3.63) is 63.2 Å². The minimum Gasteiger partial charge on any atom is -0.368 e. The molecule has 2 aromatic carbocycles. The first kappa shape index (κ1) is 18.2. The number of hydrogen-bond acceptors (Lipinski definition) is 5. The SMILES string of the molecule is CN1CCN(c2ccc(NC(=O)c3ccccc3[N+](=O)[O-])cc2Cl)CC1. The topological polar surface area (TPSA) is 78.7 Å². The molecule has 1 fully saturated rings. The van der Waals surface area contributed by atoms with Gasteiger partial charge in [-0.2, -0.15) is 0 Å². The number of benzene rings is 2. The third-order valence-corrected chi connectivity index (χ3v) is 4.70. The number of halogens is 1. The molecule has 2 aromatic rings. The van der Waals surface area contributed by atoms with Crippen molar-refractivity contribution in [2.75, 3.05) is 43.4 Å². The molecule has 3 rings (SSSR count). The average Bonchev–Trinajstić information content (AvgIpc) is 2.63. The van der Waals surface area contributed by atoms with E-state index in [-0.39, 0.29) is 11.3 Å². The van der Waals surface area contributed by atoms with E-state index in [0.29, 0.717) is 10.7 Å². The van der Waals surface area contributed by atoms with Crippen molar-refractivity contribution in [1.82, 2.24) is 4.90 Å². The molecule has 0 aromatic heterocycles. The van der Waals surface area contributed by atoms with E-state index in [1.54, 1.807) is 18.2 Å². The molecule has 0 atom stereocenters. The van der Waals surface area contributed by atoms with Crippen LogP contribution < -0.4 is 10.2 Å². The third kappa shape index (κ3) is 3.95. The maximum atomic E-state index is 12.4. The number of nitrogens with zero attached hydrogens (tertiary/aromatic N) is 3. The fraction of sp³-hybridized carbons (Fsp3) is 0.278. The molecule has 0 saturated carbocycles. The van der Waals surface area contributed by atoms with Crippen LogP contribution in [0.4, 0.5) is 17.1 Å². The van der Waals surface area contributed by atoms with Crippen LogP contribution in [0.25, 0.3) is 0 Å². The molecular weight excluding hydrogens is 356 g/mol. The standard InChI is InChI=1S/C18H19ClN4O3/c1-21-8-10-22(11-9-21)17-7-6-13(12-15(17)19)20-18(24)14-4-2-3-5-16(14)23(25)26/h2-7,12H,8-11H2,1H3,(H,20,24). The number of hydrogen-bond donors (Lipinski definition) is 1. The van der Waals surface area contributed by atoms with E-state index in [1.165, 1.54) is 18.2 Å². The van der Waals surface area contributed by atoms with E-state index in [4.69, 9.17) is 11.6 Å². The van der Waals surface area contributed by atoms with E-state index >= 15 is 0 Å². The molecule has 1 heterocycles. The van der Waals surface area contributed by atoms with Crippen LogP contribution in [-0.4, -0.2) is 49.0 Å². The van der Waals surface area contributed by atoms with E-state index in [9.17, 15) is 14.9 Å². The molecule has 1 aliphatic heterocycles. The van der Waals surface area contributed by atoms with Crippen LogP contribution in [0.2, 0.25) is 5.02 Å². The number of rotatable bonds is 4. The summed E-state index contributed by atoms with van der Waals surface area (Å²) in [5, 5.41) is 14.3. The van der Waals surface area contributed by atoms with Crippen LogP contribution >= 0.6 is 11.6 Å². The highest BCUT2D eigenvalue weighted by molar-refractivity contribution is 6.33. The van der Waals surface area contributed by atoms with Gasteiger partial charge in [0, 0.05) is 37.9 Å². The first-order chi connectivity index (χ1) is 12.5. The molecule has 1 amide bonds. The summed E-state index contributed by atoms with van der Waals surface area (Å²) in [5.74, 6) is -0.541. The summed E-state index contributed by atoms with van der Waals surface area (Å²) in [5.41, 5.74) is 1.20. The quantitative estimate of drug-likeness (QED) is 0.656. The highest BCUT2D eigenvalue weighted by Gasteiger charge is 2.20. The number of nitro groups is 1. The van der Waals surface area contributed by atoms with E-state index in [1.807, 2.05) is 6.07 Å². The van der Waals surface area contributed by atoms with Crippen LogP contribution in [0.1, 0.15) is 10.4 Å². The molecule has 0 spiro atoms. The van der Waals surface area contributed by atoms with Gasteiger partial charge in [0.05, 0.1) is 15.6 Å². The summed E-state index contributed by atoms with van der Waals surface area (Å²) in [6.45, 7) is 3.70. The second-order valence-electron chi connectivity index (χ2n) is 6.18. The van der Waals surface area contributed by atoms with Gasteiger partial charge < -0.3 is 15.1 Å². The largest absolute Gasteiger partial charge is 0.368 e. The van der Waals surface area contributed by atoms with Crippen molar-refractivity contribution in [2.24, 2.45) is 0 Å². The smallest absolute Gasteiger partial charge is 0.282 e. The molecule has 26 heavy (non-hydrogen) atoms. The van der Waals surface area contributed by atoms with Crippen LogP contribution in [0, 0.1) is 10.1 Å². The van der Waals surface area contributed by atoms with Crippen LogP contribution in [0.3, 0.4) is 0 Å². The number of nitrogens with one attached hydrogen (secondary N) is 1. The minimum absolute atomic E-state index is 0.0109. The lowest BCUT2D eigenvalue weighted by Gasteiger charge is -2.34. The van der Waals surface area contributed by atoms with E-state index in [0.717, 1.165) is 31.9 Å². The number of carbonyl (C=O) groups excluding carboxylic acids is 1. The fourth-order valence-corrected chi connectivity index (χ4v) is 3.21. The Kier molecular flexibility index (Phi) is 5.39. The summed E-state index contributed by atoms with van der Waals surface area (Å²) in [4.78, 5) is 27.4. The zero-order valence-corrected chi connectivity index (χ0v) is 15.1. The number of nitro benzene ring substituents is 1. The van der Waals surface area contributed by atoms with Gasteiger partial charge in [0.25, 0.3) is 11.6 Å². The van der Waals surface area contributed by atoms with Crippen LogP contribution in [0.5, 0.6) is 0 Å². The molecule has 0 bridgehead atoms. The van der Waals surface area contributed by atoms with Crippen molar-refractivity contribution in [3.8, 4) is 0 Å². The minimum atomic E-state index is -0.571. The monoisotopic (exact) mass is 374 g/mol. The molecule has 1 saturated heterocycles. The Balaban J connectivity index is 1.76. The van der Waals surface area contributed by atoms with Crippen molar-refractivity contribution in [3.63, 3.8) is 0 Å². The van der Waals surface area contributed by atoms with Gasteiger partial charge >= 0.3 is 0 Å². The maximum Gasteiger partial charge on any atom is 0.282 e. The first-order valence-corrected chi connectivity index (χ1v) is 8.61. The van der Waals surface area contributed by atoms with E-state index < -0.39 is 10.8 Å². The summed E-state index contributed by atoms with van der Waals surface area (Å²) >= 11 is 6.40. The lowest BCUT2D eigenvalue weighted by molar-refractivity contribution is -0.385. The van der Waals surface area contributed by atoms with Crippen molar-refractivity contribution < 1.29 is 9.72 Å². The molecule has 8 heteroatoms. The van der Waals surface area contributed by atoms with Gasteiger partial charge in [0.15, 0.2) is 0 Å². The summed E-state index contributed by atoms with van der Waals surface area (Å²) in [6.07, 6.45) is 0. The number of likely N-dealkylation sites (N-methyl/N-ethyl adjacent to an activating group) is 1. The lowest BCUT2D eigenvalue weighted by atomic mass is 10.1. The predicted molar refractivity (Wildman–Crippen MR) is 102 cm³/mol. The number of amides is 1. The summed E-state index contributed by atoms with van der Waals surface area (Å²) in [7, 11) is 2.08. The number of carbonyl (C=O) groups is 1. The van der Waals surface area contributed by atoms with Gasteiger partial charge in [-0.05, 0) is 31.3 Å². The lowest BCUT2D eigenvalue weighted by Crippen LogP contribution is -2.44. The van der Waals surface area contributed by atoms with Crippen molar-refractivity contribution >= 4 is 34.6 Å². The van der Waals surface area contributed by atoms with Crippen LogP contribution in [0.15, 0.2) is 42.5 Å². The second-order valence-corrected chi connectivity index (χ2v) is 6.59. The van der Waals surface area contributed by atoms with Gasteiger partial charge in [-0.25, -0.2) is 0 Å². The maximum absolute atomic E-state index is 12.4. The van der Waals surface area contributed by atoms with Gasteiger partial charge in [0.1, 0.15) is 5.56 Å². The molecule has 1 aliphatic rings. The Morgan fingerprint density at radius 1 is 1.15 bits per heavy atom. The number of piperazine rings is 1. The molecule has 0 aliphatic carbocycles. The second kappa shape index (κ2) is 7.72. The molecule has 0 unspecified atom stereocenters. The highest BCUT2D eigenvalue weighted by atomic mass is 35.5. The van der Waals surface area contributed by atoms with Crippen molar-refractivity contribution in [1.29, 1.82) is 0 Å². The highest BCUT2D eigenvalue weighted by Crippen LogP contribution is 2.30. The van der Waals surface area contributed by atoms with Crippen molar-refractivity contribution in [2.45, 2.75) is 0 Å². The molecule has 0 radical (unpaired) electrons. The Labute approximate surface area is 156 Å². The van der Waals surface area contributed by atoms with Gasteiger partial charge in [-0.1, -0.05) is 23.7 Å². The van der Waals surface area contributed by atoms with E-state index in [2.05, 4.69) is 22.2 Å². The Hall–Kier alpha value is -2.64. The summed E-state index contributed by atoms with van der Waals surface area (Å²) in [6, 6.07) is 11.1.